The SMILES string of the molecule is N=C(N)c1c(Cl)cccc1Oc1cccc([N+](=O)[O-])c1. The van der Waals surface area contributed by atoms with E-state index in [4.69, 9.17) is 27.5 Å². The number of nitrogen functional groups attached to an aromatic ring is 1. The first-order chi connectivity index (χ1) is 9.49. The van der Waals surface area contributed by atoms with Crippen LogP contribution in [0.4, 0.5) is 5.69 Å². The number of ether oxygens (including phenoxy) is 1. The van der Waals surface area contributed by atoms with Gasteiger partial charge >= 0.3 is 0 Å². The smallest absolute Gasteiger partial charge is 0.273 e. The van der Waals surface area contributed by atoms with Gasteiger partial charge < -0.3 is 10.5 Å². The third-order valence-electron chi connectivity index (χ3n) is 2.50. The second-order valence-electron chi connectivity index (χ2n) is 3.88. The third-order valence-corrected chi connectivity index (χ3v) is 2.82. The molecule has 6 nitrogen and oxygen atoms in total. The number of halogens is 1. The molecule has 3 N–H and O–H groups in total. The molecule has 0 atom stereocenters. The lowest BCUT2D eigenvalue weighted by molar-refractivity contribution is -0.384. The summed E-state index contributed by atoms with van der Waals surface area (Å²) in [5.41, 5.74) is 5.62. The second kappa shape index (κ2) is 5.58. The Kier molecular flexibility index (Phi) is 3.86. The van der Waals surface area contributed by atoms with E-state index >= 15 is 0 Å². The Labute approximate surface area is 119 Å². The number of hydrogen-bond acceptors (Lipinski definition) is 4. The zero-order valence-electron chi connectivity index (χ0n) is 10.2. The summed E-state index contributed by atoms with van der Waals surface area (Å²) in [6.45, 7) is 0. The minimum absolute atomic E-state index is 0.0890. The van der Waals surface area contributed by atoms with Crippen molar-refractivity contribution in [3.05, 3.63) is 63.2 Å². The minimum atomic E-state index is -0.517. The van der Waals surface area contributed by atoms with Crippen molar-refractivity contribution in [3.8, 4) is 11.5 Å². The molecule has 0 radical (unpaired) electrons. The number of nitrogens with two attached hydrogens (primary N) is 1. The summed E-state index contributed by atoms with van der Waals surface area (Å²) in [6, 6.07) is 10.5. The first-order valence-corrected chi connectivity index (χ1v) is 5.92. The summed E-state index contributed by atoms with van der Waals surface area (Å²) in [6.07, 6.45) is 0. The van der Waals surface area contributed by atoms with Gasteiger partial charge in [0.1, 0.15) is 17.3 Å². The summed E-state index contributed by atoms with van der Waals surface area (Å²) in [5, 5.41) is 18.5. The van der Waals surface area contributed by atoms with Crippen molar-refractivity contribution in [1.82, 2.24) is 0 Å². The molecule has 0 saturated heterocycles. The van der Waals surface area contributed by atoms with Gasteiger partial charge in [-0.1, -0.05) is 23.7 Å². The van der Waals surface area contributed by atoms with E-state index in [1.165, 1.54) is 18.2 Å². The maximum Gasteiger partial charge on any atom is 0.273 e. The fraction of sp³-hybridized carbons (Fsp3) is 0. The molecule has 0 spiro atoms. The molecule has 2 rings (SSSR count). The van der Waals surface area contributed by atoms with Crippen LogP contribution in [0.15, 0.2) is 42.5 Å². The number of nitrogens with one attached hydrogen (secondary N) is 1. The van der Waals surface area contributed by atoms with Gasteiger partial charge in [0.05, 0.1) is 21.6 Å². The number of amidine groups is 1. The summed E-state index contributed by atoms with van der Waals surface area (Å²) in [7, 11) is 0. The van der Waals surface area contributed by atoms with Gasteiger partial charge in [-0.05, 0) is 18.2 Å². The molecule has 0 aliphatic rings. The van der Waals surface area contributed by atoms with Crippen LogP contribution in [0.25, 0.3) is 0 Å². The molecular weight excluding hydrogens is 282 g/mol. The standard InChI is InChI=1S/C13H10ClN3O3/c14-10-5-2-6-11(12(10)13(15)16)20-9-4-1-3-8(7-9)17(18)19/h1-7H,(H3,15,16). The molecule has 0 aromatic heterocycles. The van der Waals surface area contributed by atoms with Gasteiger partial charge in [0.2, 0.25) is 0 Å². The van der Waals surface area contributed by atoms with E-state index in [0.717, 1.165) is 0 Å². The Morgan fingerprint density at radius 1 is 1.30 bits per heavy atom. The highest BCUT2D eigenvalue weighted by atomic mass is 35.5. The van der Waals surface area contributed by atoms with Crippen LogP contribution in [0, 0.1) is 15.5 Å². The van der Waals surface area contributed by atoms with Crippen LogP contribution in [-0.4, -0.2) is 10.8 Å². The largest absolute Gasteiger partial charge is 0.456 e. The van der Waals surface area contributed by atoms with Gasteiger partial charge in [0.25, 0.3) is 5.69 Å². The maximum atomic E-state index is 10.7. The highest BCUT2D eigenvalue weighted by molar-refractivity contribution is 6.34. The summed E-state index contributed by atoms with van der Waals surface area (Å²) < 4.78 is 5.53. The Balaban J connectivity index is 2.40. The van der Waals surface area contributed by atoms with E-state index in [-0.39, 0.29) is 33.6 Å². The van der Waals surface area contributed by atoms with Crippen LogP contribution < -0.4 is 10.5 Å². The molecule has 2 aromatic rings. The van der Waals surface area contributed by atoms with E-state index in [9.17, 15) is 10.1 Å². The monoisotopic (exact) mass is 291 g/mol. The van der Waals surface area contributed by atoms with E-state index in [2.05, 4.69) is 0 Å². The lowest BCUT2D eigenvalue weighted by Gasteiger charge is -2.11. The molecule has 7 heteroatoms. The van der Waals surface area contributed by atoms with Crippen LogP contribution in [0.1, 0.15) is 5.56 Å². The van der Waals surface area contributed by atoms with Gasteiger partial charge in [-0.2, -0.15) is 0 Å². The predicted octanol–water partition coefficient (Wildman–Crippen LogP) is 3.32. The predicted molar refractivity (Wildman–Crippen MR) is 75.6 cm³/mol. The number of nitro benzene ring substituents is 1. The molecule has 0 saturated carbocycles. The highest BCUT2D eigenvalue weighted by Crippen LogP contribution is 2.31. The van der Waals surface area contributed by atoms with Gasteiger partial charge in [0, 0.05) is 6.07 Å². The van der Waals surface area contributed by atoms with Crippen LogP contribution in [0.2, 0.25) is 5.02 Å². The Morgan fingerprint density at radius 3 is 2.65 bits per heavy atom. The molecule has 0 heterocycles. The molecule has 2 aromatic carbocycles. The molecule has 0 amide bonds. The maximum absolute atomic E-state index is 10.7. The van der Waals surface area contributed by atoms with Crippen molar-refractivity contribution in [3.63, 3.8) is 0 Å². The molecule has 0 bridgehead atoms. The minimum Gasteiger partial charge on any atom is -0.456 e. The van der Waals surface area contributed by atoms with Crippen LogP contribution in [0.5, 0.6) is 11.5 Å². The number of hydrogen-bond donors (Lipinski definition) is 2. The fourth-order valence-corrected chi connectivity index (χ4v) is 1.91. The van der Waals surface area contributed by atoms with Crippen molar-refractivity contribution in [2.45, 2.75) is 0 Å². The first kappa shape index (κ1) is 13.8. The molecule has 20 heavy (non-hydrogen) atoms. The number of nitro groups is 1. The zero-order valence-corrected chi connectivity index (χ0v) is 10.9. The number of rotatable bonds is 4. The lowest BCUT2D eigenvalue weighted by atomic mass is 10.2. The quantitative estimate of drug-likeness (QED) is 0.390. The first-order valence-electron chi connectivity index (χ1n) is 5.54. The number of non-ortho nitro benzene ring substituents is 1. The van der Waals surface area contributed by atoms with Crippen molar-refractivity contribution in [2.75, 3.05) is 0 Å². The average molecular weight is 292 g/mol. The average Bonchev–Trinajstić information content (AvgIpc) is 2.38. The Bertz CT molecular complexity index is 688. The van der Waals surface area contributed by atoms with Gasteiger partial charge in [0.15, 0.2) is 0 Å². The Hall–Kier alpha value is -2.60. The summed E-state index contributed by atoms with van der Waals surface area (Å²) >= 11 is 5.96. The van der Waals surface area contributed by atoms with Gasteiger partial charge in [-0.3, -0.25) is 15.5 Å². The van der Waals surface area contributed by atoms with Crippen molar-refractivity contribution < 1.29 is 9.66 Å². The third kappa shape index (κ3) is 2.86. The lowest BCUT2D eigenvalue weighted by Crippen LogP contribution is -2.13. The van der Waals surface area contributed by atoms with Crippen LogP contribution in [0.3, 0.4) is 0 Å². The number of benzene rings is 2. The molecule has 0 aliphatic carbocycles. The van der Waals surface area contributed by atoms with Gasteiger partial charge in [-0.25, -0.2) is 0 Å². The summed E-state index contributed by atoms with van der Waals surface area (Å²) in [5.74, 6) is 0.297. The summed E-state index contributed by atoms with van der Waals surface area (Å²) in [4.78, 5) is 10.2. The van der Waals surface area contributed by atoms with Crippen molar-refractivity contribution in [1.29, 1.82) is 5.41 Å². The normalized spacial score (nSPS) is 10.1. The van der Waals surface area contributed by atoms with Crippen LogP contribution in [-0.2, 0) is 0 Å². The molecule has 0 aliphatic heterocycles. The Morgan fingerprint density at radius 2 is 2.00 bits per heavy atom. The van der Waals surface area contributed by atoms with E-state index in [0.29, 0.717) is 0 Å². The molecule has 0 fully saturated rings. The molecule has 0 unspecified atom stereocenters. The topological polar surface area (TPSA) is 102 Å². The van der Waals surface area contributed by atoms with Crippen molar-refractivity contribution >= 4 is 23.1 Å². The molecular formula is C13H10ClN3O3. The van der Waals surface area contributed by atoms with Crippen molar-refractivity contribution in [2.24, 2.45) is 5.73 Å². The van der Waals surface area contributed by atoms with Crippen LogP contribution >= 0.6 is 11.6 Å². The van der Waals surface area contributed by atoms with E-state index in [1.807, 2.05) is 0 Å². The second-order valence-corrected chi connectivity index (χ2v) is 4.29. The number of nitrogens with zero attached hydrogens (tertiary/aromatic N) is 1. The zero-order chi connectivity index (χ0) is 14.7. The van der Waals surface area contributed by atoms with E-state index < -0.39 is 4.92 Å². The molecule has 102 valence electrons. The highest BCUT2D eigenvalue weighted by Gasteiger charge is 2.13. The van der Waals surface area contributed by atoms with E-state index in [1.54, 1.807) is 24.3 Å². The van der Waals surface area contributed by atoms with Gasteiger partial charge in [-0.15, -0.1) is 0 Å². The fourth-order valence-electron chi connectivity index (χ4n) is 1.64.